The summed E-state index contributed by atoms with van der Waals surface area (Å²) in [4.78, 5) is 19.5. The van der Waals surface area contributed by atoms with Crippen molar-refractivity contribution >= 4 is 22.5 Å². The molecule has 0 unspecified atom stereocenters. The van der Waals surface area contributed by atoms with Crippen molar-refractivity contribution in [3.63, 3.8) is 0 Å². The Morgan fingerprint density at radius 1 is 0.971 bits per heavy atom. The van der Waals surface area contributed by atoms with Crippen molar-refractivity contribution in [1.82, 2.24) is 9.88 Å². The average Bonchev–Trinajstić information content (AvgIpc) is 2.91. The van der Waals surface area contributed by atoms with Crippen molar-refractivity contribution in [3.05, 3.63) is 95.2 Å². The molecule has 35 heavy (non-hydrogen) atoms. The maximum absolute atomic E-state index is 12.7. The zero-order chi connectivity index (χ0) is 24.2. The van der Waals surface area contributed by atoms with Gasteiger partial charge in [0.2, 0.25) is 0 Å². The zero-order valence-corrected chi connectivity index (χ0v) is 20.1. The van der Waals surface area contributed by atoms with Gasteiger partial charge >= 0.3 is 0 Å². The SMILES string of the molecule is COc1cc2c(cc1OC)CN(CCc1ccc(NC(=O)c3cnc4ccccc4c3)cc1)CC2. The summed E-state index contributed by atoms with van der Waals surface area (Å²) >= 11 is 0. The van der Waals surface area contributed by atoms with E-state index in [0.29, 0.717) is 5.56 Å². The molecule has 2 heterocycles. The monoisotopic (exact) mass is 467 g/mol. The van der Waals surface area contributed by atoms with Gasteiger partial charge in [0.05, 0.1) is 25.3 Å². The summed E-state index contributed by atoms with van der Waals surface area (Å²) in [5.41, 5.74) is 6.08. The molecule has 0 saturated heterocycles. The number of nitrogens with one attached hydrogen (secondary N) is 1. The van der Waals surface area contributed by atoms with E-state index in [1.165, 1.54) is 16.7 Å². The van der Waals surface area contributed by atoms with Crippen LogP contribution < -0.4 is 14.8 Å². The smallest absolute Gasteiger partial charge is 0.257 e. The first kappa shape index (κ1) is 22.9. The van der Waals surface area contributed by atoms with Crippen LogP contribution in [-0.2, 0) is 19.4 Å². The van der Waals surface area contributed by atoms with Gasteiger partial charge in [0.25, 0.3) is 5.91 Å². The molecule has 0 fully saturated rings. The number of carbonyl (C=O) groups excluding carboxylic acids is 1. The molecule has 0 radical (unpaired) electrons. The van der Waals surface area contributed by atoms with Crippen LogP contribution in [0.1, 0.15) is 27.0 Å². The predicted molar refractivity (Wildman–Crippen MR) is 138 cm³/mol. The van der Waals surface area contributed by atoms with E-state index in [-0.39, 0.29) is 5.91 Å². The van der Waals surface area contributed by atoms with Crippen LogP contribution in [0.3, 0.4) is 0 Å². The lowest BCUT2D eigenvalue weighted by Gasteiger charge is -2.29. The number of methoxy groups -OCH3 is 2. The van der Waals surface area contributed by atoms with Gasteiger partial charge in [-0.25, -0.2) is 0 Å². The highest BCUT2D eigenvalue weighted by atomic mass is 16.5. The summed E-state index contributed by atoms with van der Waals surface area (Å²) in [7, 11) is 3.35. The van der Waals surface area contributed by atoms with Crippen LogP contribution in [0.25, 0.3) is 10.9 Å². The summed E-state index contributed by atoms with van der Waals surface area (Å²) in [5.74, 6) is 1.42. The van der Waals surface area contributed by atoms with Crippen LogP contribution in [0, 0.1) is 0 Å². The molecule has 3 aromatic carbocycles. The molecular formula is C29H29N3O3. The quantitative estimate of drug-likeness (QED) is 0.409. The molecule has 0 spiro atoms. The van der Waals surface area contributed by atoms with E-state index in [2.05, 4.69) is 39.5 Å². The van der Waals surface area contributed by atoms with Crippen molar-refractivity contribution < 1.29 is 14.3 Å². The number of ether oxygens (including phenoxy) is 2. The molecule has 1 aliphatic rings. The highest BCUT2D eigenvalue weighted by Gasteiger charge is 2.19. The summed E-state index contributed by atoms with van der Waals surface area (Å²) in [6.45, 7) is 2.91. The number of hydrogen-bond acceptors (Lipinski definition) is 5. The van der Waals surface area contributed by atoms with Gasteiger partial charge in [0.1, 0.15) is 0 Å². The molecule has 1 amide bonds. The largest absolute Gasteiger partial charge is 0.493 e. The Kier molecular flexibility index (Phi) is 6.64. The first-order valence-electron chi connectivity index (χ1n) is 11.8. The Morgan fingerprint density at radius 3 is 2.49 bits per heavy atom. The van der Waals surface area contributed by atoms with Crippen LogP contribution in [-0.4, -0.2) is 43.1 Å². The first-order valence-corrected chi connectivity index (χ1v) is 11.8. The molecule has 1 N–H and O–H groups in total. The van der Waals surface area contributed by atoms with Gasteiger partial charge in [-0.1, -0.05) is 30.3 Å². The van der Waals surface area contributed by atoms with Gasteiger partial charge in [0.15, 0.2) is 11.5 Å². The van der Waals surface area contributed by atoms with Crippen LogP contribution in [0.4, 0.5) is 5.69 Å². The summed E-state index contributed by atoms with van der Waals surface area (Å²) < 4.78 is 10.9. The number of amides is 1. The molecule has 0 atom stereocenters. The predicted octanol–water partition coefficient (Wildman–Crippen LogP) is 5.11. The number of para-hydroxylation sites is 1. The van der Waals surface area contributed by atoms with Gasteiger partial charge in [-0.2, -0.15) is 0 Å². The molecule has 6 nitrogen and oxygen atoms in total. The molecule has 0 bridgehead atoms. The molecule has 6 heteroatoms. The Bertz CT molecular complexity index is 1350. The fourth-order valence-corrected chi connectivity index (χ4v) is 4.57. The van der Waals surface area contributed by atoms with E-state index in [1.807, 2.05) is 42.5 Å². The maximum atomic E-state index is 12.7. The van der Waals surface area contributed by atoms with Crippen LogP contribution in [0.2, 0.25) is 0 Å². The molecule has 0 aliphatic carbocycles. The molecule has 5 rings (SSSR count). The molecule has 0 saturated carbocycles. The number of carbonyl (C=O) groups is 1. The molecule has 4 aromatic rings. The second-order valence-corrected chi connectivity index (χ2v) is 8.82. The third-order valence-corrected chi connectivity index (χ3v) is 6.58. The van der Waals surface area contributed by atoms with E-state index in [0.717, 1.165) is 60.6 Å². The van der Waals surface area contributed by atoms with Crippen molar-refractivity contribution in [2.45, 2.75) is 19.4 Å². The zero-order valence-electron chi connectivity index (χ0n) is 20.1. The number of rotatable bonds is 7. The van der Waals surface area contributed by atoms with Crippen molar-refractivity contribution in [1.29, 1.82) is 0 Å². The maximum Gasteiger partial charge on any atom is 0.257 e. The van der Waals surface area contributed by atoms with Crippen LogP contribution in [0.15, 0.2) is 72.9 Å². The van der Waals surface area contributed by atoms with Crippen LogP contribution >= 0.6 is 0 Å². The summed E-state index contributed by atoms with van der Waals surface area (Å²) in [6.07, 6.45) is 3.57. The minimum Gasteiger partial charge on any atom is -0.493 e. The Balaban J connectivity index is 1.17. The fraction of sp³-hybridized carbons (Fsp3) is 0.241. The number of aromatic nitrogens is 1. The van der Waals surface area contributed by atoms with E-state index in [1.54, 1.807) is 20.4 Å². The molecule has 178 valence electrons. The van der Waals surface area contributed by atoms with E-state index in [4.69, 9.17) is 9.47 Å². The second-order valence-electron chi connectivity index (χ2n) is 8.82. The lowest BCUT2D eigenvalue weighted by Crippen LogP contribution is -2.32. The average molecular weight is 468 g/mol. The van der Waals surface area contributed by atoms with Crippen molar-refractivity contribution in [2.75, 3.05) is 32.6 Å². The Hall–Kier alpha value is -3.90. The number of benzene rings is 3. The number of anilines is 1. The summed E-state index contributed by atoms with van der Waals surface area (Å²) in [6, 6.07) is 21.9. The highest BCUT2D eigenvalue weighted by molar-refractivity contribution is 6.05. The van der Waals surface area contributed by atoms with Crippen LogP contribution in [0.5, 0.6) is 11.5 Å². The third-order valence-electron chi connectivity index (χ3n) is 6.58. The van der Waals surface area contributed by atoms with Crippen molar-refractivity contribution in [3.8, 4) is 11.5 Å². The molecule has 1 aliphatic heterocycles. The molecular weight excluding hydrogens is 438 g/mol. The number of hydrogen-bond donors (Lipinski definition) is 1. The number of nitrogens with zero attached hydrogens (tertiary/aromatic N) is 2. The lowest BCUT2D eigenvalue weighted by molar-refractivity contribution is 0.102. The Labute approximate surface area is 205 Å². The number of fused-ring (bicyclic) bond motifs is 2. The highest BCUT2D eigenvalue weighted by Crippen LogP contribution is 2.33. The standard InChI is InChI=1S/C29H29N3O3/c1-34-27-16-21-12-14-32(19-24(21)17-28(27)35-2)13-11-20-7-9-25(10-8-20)31-29(33)23-15-22-5-3-4-6-26(22)30-18-23/h3-10,15-18H,11-14,19H2,1-2H3,(H,31,33). The number of pyridine rings is 1. The molecule has 1 aromatic heterocycles. The minimum absolute atomic E-state index is 0.157. The van der Waals surface area contributed by atoms with Gasteiger partial charge in [-0.3, -0.25) is 14.7 Å². The van der Waals surface area contributed by atoms with Crippen molar-refractivity contribution in [2.24, 2.45) is 0 Å². The normalized spacial score (nSPS) is 13.3. The van der Waals surface area contributed by atoms with E-state index < -0.39 is 0 Å². The van der Waals surface area contributed by atoms with E-state index >= 15 is 0 Å². The first-order chi connectivity index (χ1) is 17.1. The van der Waals surface area contributed by atoms with Gasteiger partial charge < -0.3 is 14.8 Å². The van der Waals surface area contributed by atoms with Gasteiger partial charge in [0, 0.05) is 36.9 Å². The third kappa shape index (κ3) is 5.12. The fourth-order valence-electron chi connectivity index (χ4n) is 4.57. The Morgan fingerprint density at radius 2 is 1.71 bits per heavy atom. The lowest BCUT2D eigenvalue weighted by atomic mass is 9.98. The second kappa shape index (κ2) is 10.2. The van der Waals surface area contributed by atoms with Gasteiger partial charge in [-0.05, 0) is 65.9 Å². The van der Waals surface area contributed by atoms with Gasteiger partial charge in [-0.15, -0.1) is 0 Å². The minimum atomic E-state index is -0.157. The summed E-state index contributed by atoms with van der Waals surface area (Å²) in [5, 5.41) is 3.93. The topological polar surface area (TPSA) is 63.7 Å². The van der Waals surface area contributed by atoms with E-state index in [9.17, 15) is 4.79 Å².